The molecule has 0 aromatic heterocycles. The van der Waals surface area contributed by atoms with E-state index in [4.69, 9.17) is 27.9 Å². The first-order valence-electron chi connectivity index (χ1n) is 9.16. The van der Waals surface area contributed by atoms with Crippen LogP contribution >= 0.6 is 23.2 Å². The van der Waals surface area contributed by atoms with Gasteiger partial charge in [0.15, 0.2) is 11.9 Å². The molecular weight excluding hydrogens is 423 g/mol. The number of rotatable bonds is 5. The van der Waals surface area contributed by atoms with Gasteiger partial charge in [0.25, 0.3) is 5.91 Å². The highest BCUT2D eigenvalue weighted by Gasteiger charge is 2.31. The number of hydrogen-bond acceptors (Lipinski definition) is 3. The Morgan fingerprint density at radius 1 is 1.10 bits per heavy atom. The molecule has 2 aromatic rings. The molecule has 0 N–H and O–H groups in total. The van der Waals surface area contributed by atoms with E-state index in [2.05, 4.69) is 0 Å². The summed E-state index contributed by atoms with van der Waals surface area (Å²) in [5.41, 5.74) is -0.246. The number of halogens is 4. The lowest BCUT2D eigenvalue weighted by Crippen LogP contribution is -2.45. The average Bonchev–Trinajstić information content (AvgIpc) is 2.71. The Labute approximate surface area is 177 Å². The largest absolute Gasteiger partial charge is 0.479 e. The Balaban J connectivity index is 1.58. The summed E-state index contributed by atoms with van der Waals surface area (Å²) >= 11 is 11.9. The molecule has 4 nitrogen and oxygen atoms in total. The van der Waals surface area contributed by atoms with Crippen LogP contribution in [0, 0.1) is 17.6 Å². The van der Waals surface area contributed by atoms with E-state index in [1.54, 1.807) is 24.0 Å². The second kappa shape index (κ2) is 9.09. The van der Waals surface area contributed by atoms with Crippen molar-refractivity contribution in [2.75, 3.05) is 13.1 Å². The van der Waals surface area contributed by atoms with E-state index in [0.717, 1.165) is 18.2 Å². The predicted octanol–water partition coefficient (Wildman–Crippen LogP) is 5.16. The molecule has 154 valence electrons. The van der Waals surface area contributed by atoms with Crippen LogP contribution in [0.2, 0.25) is 10.0 Å². The summed E-state index contributed by atoms with van der Waals surface area (Å²) in [4.78, 5) is 26.8. The number of Topliss-reactive ketones (excluding diaryl/α,β-unsaturated/α-hetero) is 1. The zero-order valence-electron chi connectivity index (χ0n) is 15.6. The zero-order chi connectivity index (χ0) is 21.1. The number of carbonyl (C=O) groups excluding carboxylic acids is 2. The fourth-order valence-corrected chi connectivity index (χ4v) is 3.79. The molecule has 8 heteroatoms. The third kappa shape index (κ3) is 5.06. The number of piperidine rings is 1. The van der Waals surface area contributed by atoms with Crippen LogP contribution < -0.4 is 4.74 Å². The predicted molar refractivity (Wildman–Crippen MR) is 107 cm³/mol. The maximum atomic E-state index is 13.9. The SMILES string of the molecule is CC(Oc1ccc(Cl)cc1Cl)C(=O)N1CCC(C(=O)c2cc(F)ccc2F)CC1. The number of ketones is 1. The van der Waals surface area contributed by atoms with Gasteiger partial charge < -0.3 is 9.64 Å². The minimum atomic E-state index is -0.776. The molecule has 29 heavy (non-hydrogen) atoms. The minimum absolute atomic E-state index is 0.237. The molecule has 1 saturated heterocycles. The topological polar surface area (TPSA) is 46.6 Å². The van der Waals surface area contributed by atoms with E-state index in [1.165, 1.54) is 6.07 Å². The van der Waals surface area contributed by atoms with Crippen molar-refractivity contribution < 1.29 is 23.1 Å². The van der Waals surface area contributed by atoms with Crippen LogP contribution in [0.5, 0.6) is 5.75 Å². The van der Waals surface area contributed by atoms with Gasteiger partial charge in [0.1, 0.15) is 17.4 Å². The monoisotopic (exact) mass is 441 g/mol. The molecule has 1 amide bonds. The van der Waals surface area contributed by atoms with Gasteiger partial charge in [-0.2, -0.15) is 0 Å². The molecule has 1 aliphatic heterocycles. The van der Waals surface area contributed by atoms with Gasteiger partial charge in [-0.25, -0.2) is 8.78 Å². The fourth-order valence-electron chi connectivity index (χ4n) is 3.34. The van der Waals surface area contributed by atoms with Crippen molar-refractivity contribution >= 4 is 34.9 Å². The molecule has 0 bridgehead atoms. The maximum Gasteiger partial charge on any atom is 0.263 e. The van der Waals surface area contributed by atoms with Crippen molar-refractivity contribution in [3.8, 4) is 5.75 Å². The highest BCUT2D eigenvalue weighted by atomic mass is 35.5. The van der Waals surface area contributed by atoms with Crippen LogP contribution in [0.3, 0.4) is 0 Å². The summed E-state index contributed by atoms with van der Waals surface area (Å²) < 4.78 is 32.9. The summed E-state index contributed by atoms with van der Waals surface area (Å²) in [7, 11) is 0. The van der Waals surface area contributed by atoms with Crippen LogP contribution in [0.25, 0.3) is 0 Å². The number of ether oxygens (including phenoxy) is 1. The Morgan fingerprint density at radius 3 is 2.45 bits per heavy atom. The number of carbonyl (C=O) groups is 2. The van der Waals surface area contributed by atoms with Crippen LogP contribution in [0.4, 0.5) is 8.78 Å². The van der Waals surface area contributed by atoms with Gasteiger partial charge in [0.2, 0.25) is 0 Å². The minimum Gasteiger partial charge on any atom is -0.479 e. The number of hydrogen-bond donors (Lipinski definition) is 0. The molecular formula is C21H19Cl2F2NO3. The van der Waals surface area contributed by atoms with Crippen LogP contribution in [0.15, 0.2) is 36.4 Å². The molecule has 1 fully saturated rings. The Bertz CT molecular complexity index is 930. The zero-order valence-corrected chi connectivity index (χ0v) is 17.1. The van der Waals surface area contributed by atoms with Crippen LogP contribution in [0.1, 0.15) is 30.1 Å². The van der Waals surface area contributed by atoms with Crippen LogP contribution in [-0.4, -0.2) is 35.8 Å². The molecule has 1 unspecified atom stereocenters. The summed E-state index contributed by atoms with van der Waals surface area (Å²) in [6.45, 7) is 2.27. The number of amides is 1. The van der Waals surface area contributed by atoms with Crippen LogP contribution in [-0.2, 0) is 4.79 Å². The van der Waals surface area contributed by atoms with E-state index < -0.39 is 29.4 Å². The Hall–Kier alpha value is -2.18. The first kappa shape index (κ1) is 21.5. The summed E-state index contributed by atoms with van der Waals surface area (Å²) in [5, 5.41) is 0.765. The van der Waals surface area contributed by atoms with Crippen molar-refractivity contribution in [2.24, 2.45) is 5.92 Å². The van der Waals surface area contributed by atoms with Gasteiger partial charge in [-0.3, -0.25) is 9.59 Å². The third-order valence-corrected chi connectivity index (χ3v) is 5.45. The molecule has 0 radical (unpaired) electrons. The van der Waals surface area contributed by atoms with Gasteiger partial charge >= 0.3 is 0 Å². The summed E-state index contributed by atoms with van der Waals surface area (Å²) in [6, 6.07) is 7.57. The second-order valence-electron chi connectivity index (χ2n) is 6.92. The first-order chi connectivity index (χ1) is 13.8. The van der Waals surface area contributed by atoms with Gasteiger partial charge in [0.05, 0.1) is 10.6 Å². The lowest BCUT2D eigenvalue weighted by atomic mass is 9.88. The Morgan fingerprint density at radius 2 is 1.79 bits per heavy atom. The highest BCUT2D eigenvalue weighted by molar-refractivity contribution is 6.35. The van der Waals surface area contributed by atoms with Gasteiger partial charge in [-0.15, -0.1) is 0 Å². The van der Waals surface area contributed by atoms with E-state index in [0.29, 0.717) is 41.7 Å². The van der Waals surface area contributed by atoms with Gasteiger partial charge in [0, 0.05) is 24.0 Å². The van der Waals surface area contributed by atoms with E-state index in [-0.39, 0.29) is 11.5 Å². The molecule has 0 aliphatic carbocycles. The van der Waals surface area contributed by atoms with Crippen molar-refractivity contribution in [3.63, 3.8) is 0 Å². The molecule has 1 aliphatic rings. The van der Waals surface area contributed by atoms with Crippen molar-refractivity contribution in [2.45, 2.75) is 25.9 Å². The van der Waals surface area contributed by atoms with E-state index >= 15 is 0 Å². The number of benzene rings is 2. The molecule has 1 atom stereocenters. The lowest BCUT2D eigenvalue weighted by Gasteiger charge is -2.33. The number of likely N-dealkylation sites (tertiary alicyclic amines) is 1. The van der Waals surface area contributed by atoms with Crippen molar-refractivity contribution in [1.29, 1.82) is 0 Å². The lowest BCUT2D eigenvalue weighted by molar-refractivity contribution is -0.139. The molecule has 0 saturated carbocycles. The quantitative estimate of drug-likeness (QED) is 0.601. The first-order valence-corrected chi connectivity index (χ1v) is 9.91. The van der Waals surface area contributed by atoms with Crippen molar-refractivity contribution in [3.05, 3.63) is 63.6 Å². The molecule has 3 rings (SSSR count). The third-order valence-electron chi connectivity index (χ3n) is 4.92. The van der Waals surface area contributed by atoms with E-state index in [9.17, 15) is 18.4 Å². The van der Waals surface area contributed by atoms with Gasteiger partial charge in [-0.1, -0.05) is 23.2 Å². The van der Waals surface area contributed by atoms with Crippen molar-refractivity contribution in [1.82, 2.24) is 4.90 Å². The maximum absolute atomic E-state index is 13.9. The molecule has 0 spiro atoms. The van der Waals surface area contributed by atoms with Gasteiger partial charge in [-0.05, 0) is 56.2 Å². The molecule has 1 heterocycles. The summed E-state index contributed by atoms with van der Waals surface area (Å²) in [5.74, 6) is -2.18. The second-order valence-corrected chi connectivity index (χ2v) is 7.77. The van der Waals surface area contributed by atoms with E-state index in [1.807, 2.05) is 0 Å². The standard InChI is InChI=1S/C21H19Cl2F2NO3/c1-12(29-19-5-2-14(22)10-17(19)23)21(28)26-8-6-13(7-9-26)20(27)16-11-15(24)3-4-18(16)25/h2-5,10-13H,6-9H2,1H3. The average molecular weight is 442 g/mol. The number of nitrogens with zero attached hydrogens (tertiary/aromatic N) is 1. The fraction of sp³-hybridized carbons (Fsp3) is 0.333. The smallest absolute Gasteiger partial charge is 0.263 e. The normalized spacial score (nSPS) is 15.8. The molecule has 2 aromatic carbocycles. The summed E-state index contributed by atoms with van der Waals surface area (Å²) in [6.07, 6.45) is -0.0363. The Kier molecular flexibility index (Phi) is 6.75. The highest BCUT2D eigenvalue weighted by Crippen LogP contribution is 2.29.